The smallest absolute Gasteiger partial charge is 0.0620 e. The lowest BCUT2D eigenvalue weighted by molar-refractivity contribution is 0.271. The van der Waals surface area contributed by atoms with Crippen LogP contribution in [-0.2, 0) is 5.41 Å². The normalized spacial score (nSPS) is 22.9. The molecule has 1 saturated carbocycles. The average Bonchev–Trinajstić information content (AvgIpc) is 2.33. The molecule has 0 saturated heterocycles. The van der Waals surface area contributed by atoms with Crippen LogP contribution in [0.4, 0.5) is 0 Å². The zero-order chi connectivity index (χ0) is 7.03. The van der Waals surface area contributed by atoms with Crippen LogP contribution in [0.1, 0.15) is 31.6 Å². The summed E-state index contributed by atoms with van der Waals surface area (Å²) in [4.78, 5) is 4.38. The van der Waals surface area contributed by atoms with Gasteiger partial charge >= 0.3 is 0 Å². The van der Waals surface area contributed by atoms with Gasteiger partial charge in [0.05, 0.1) is 5.43 Å². The maximum absolute atomic E-state index is 4.38. The zero-order valence-electron chi connectivity index (χ0n) is 6.22. The average molecular weight is 153 g/mol. The van der Waals surface area contributed by atoms with Crippen molar-refractivity contribution in [2.75, 3.05) is 0 Å². The first kappa shape index (κ1) is 6.42. The Kier molecular flexibility index (Phi) is 1.35. The van der Waals surface area contributed by atoms with E-state index < -0.39 is 0 Å². The van der Waals surface area contributed by atoms with Crippen molar-refractivity contribution in [1.82, 2.24) is 4.98 Å². The van der Waals surface area contributed by atoms with E-state index in [9.17, 15) is 0 Å². The molecule has 1 heterocycles. The highest BCUT2D eigenvalue weighted by Gasteiger charge is 2.34. The molecule has 0 aliphatic heterocycles. The van der Waals surface area contributed by atoms with Crippen molar-refractivity contribution < 1.29 is 0 Å². The van der Waals surface area contributed by atoms with E-state index >= 15 is 0 Å². The Morgan fingerprint density at radius 3 is 2.80 bits per heavy atom. The molecule has 54 valence electrons. The monoisotopic (exact) mass is 153 g/mol. The molecule has 1 atom stereocenters. The lowest BCUT2D eigenvalue weighted by Crippen LogP contribution is -2.29. The van der Waals surface area contributed by atoms with E-state index in [1.807, 2.05) is 6.20 Å². The van der Waals surface area contributed by atoms with Crippen LogP contribution in [0, 0.1) is 0 Å². The molecule has 1 fully saturated rings. The first-order valence-electron chi connectivity index (χ1n) is 3.81. The highest BCUT2D eigenvalue weighted by molar-refractivity contribution is 7.30. The summed E-state index contributed by atoms with van der Waals surface area (Å²) < 4.78 is 0. The quantitative estimate of drug-likeness (QED) is 0.604. The van der Waals surface area contributed by atoms with Gasteiger partial charge in [0.1, 0.15) is 0 Å². The predicted octanol–water partition coefficient (Wildman–Crippen LogP) is 2.55. The third-order valence-corrected chi connectivity index (χ3v) is 3.85. The topological polar surface area (TPSA) is 12.9 Å². The molecule has 0 bridgehead atoms. The van der Waals surface area contributed by atoms with E-state index in [-0.39, 0.29) is 0 Å². The molecular weight excluding hydrogens is 141 g/mol. The molecule has 10 heavy (non-hydrogen) atoms. The Balaban J connectivity index is 2.27. The van der Waals surface area contributed by atoms with Crippen molar-refractivity contribution >= 4 is 8.19 Å². The van der Waals surface area contributed by atoms with Crippen molar-refractivity contribution in [1.29, 1.82) is 0 Å². The molecule has 1 aromatic rings. The van der Waals surface area contributed by atoms with E-state index in [0.717, 1.165) is 8.19 Å². The van der Waals surface area contributed by atoms with Gasteiger partial charge in [-0.05, 0) is 18.6 Å². The van der Waals surface area contributed by atoms with E-state index in [0.29, 0.717) is 5.41 Å². The standard InChI is InChI=1S/C8H12NP/c1-8(3-2-4-8)7-9-5-6-10-7/h5-6,10H,2-4H2,1H3. The molecule has 0 spiro atoms. The largest absolute Gasteiger partial charge is 0.256 e. The zero-order valence-corrected chi connectivity index (χ0v) is 7.22. The maximum atomic E-state index is 4.38. The Labute approximate surface area is 63.0 Å². The molecule has 1 aliphatic carbocycles. The molecule has 0 amide bonds. The van der Waals surface area contributed by atoms with Gasteiger partial charge in [-0.2, -0.15) is 0 Å². The van der Waals surface area contributed by atoms with Crippen LogP contribution in [-0.4, -0.2) is 4.98 Å². The molecule has 1 nitrogen and oxygen atoms in total. The second kappa shape index (κ2) is 2.10. The van der Waals surface area contributed by atoms with E-state index in [2.05, 4.69) is 17.7 Å². The summed E-state index contributed by atoms with van der Waals surface area (Å²) >= 11 is 0. The van der Waals surface area contributed by atoms with Gasteiger partial charge in [0.25, 0.3) is 0 Å². The Bertz CT molecular complexity index is 211. The van der Waals surface area contributed by atoms with Gasteiger partial charge in [-0.15, -0.1) is 8.19 Å². The van der Waals surface area contributed by atoms with E-state index in [1.54, 1.807) is 0 Å². The van der Waals surface area contributed by atoms with Crippen LogP contribution in [0.15, 0.2) is 12.0 Å². The molecular formula is C8H12NP. The van der Waals surface area contributed by atoms with Crippen LogP contribution in [0.5, 0.6) is 0 Å². The minimum absolute atomic E-state index is 0.502. The molecule has 1 unspecified atom stereocenters. The molecule has 0 radical (unpaired) electrons. The van der Waals surface area contributed by atoms with Gasteiger partial charge in [-0.1, -0.05) is 13.3 Å². The van der Waals surface area contributed by atoms with Crippen LogP contribution >= 0.6 is 8.19 Å². The molecule has 1 aliphatic rings. The number of rotatable bonds is 1. The van der Waals surface area contributed by atoms with Gasteiger partial charge in [0.2, 0.25) is 0 Å². The van der Waals surface area contributed by atoms with Crippen molar-refractivity contribution in [3.63, 3.8) is 0 Å². The minimum atomic E-state index is 0.502. The summed E-state index contributed by atoms with van der Waals surface area (Å²) in [7, 11) is 0.879. The van der Waals surface area contributed by atoms with E-state index in [4.69, 9.17) is 0 Å². The third kappa shape index (κ3) is 0.809. The lowest BCUT2D eigenvalue weighted by atomic mass is 9.71. The van der Waals surface area contributed by atoms with Crippen molar-refractivity contribution in [3.05, 3.63) is 17.4 Å². The fourth-order valence-electron chi connectivity index (χ4n) is 1.54. The second-order valence-electron chi connectivity index (χ2n) is 3.35. The third-order valence-electron chi connectivity index (χ3n) is 2.53. The Morgan fingerprint density at radius 1 is 1.60 bits per heavy atom. The number of hydrogen-bond acceptors (Lipinski definition) is 1. The van der Waals surface area contributed by atoms with Crippen molar-refractivity contribution in [2.24, 2.45) is 0 Å². The Morgan fingerprint density at radius 2 is 2.40 bits per heavy atom. The summed E-state index contributed by atoms with van der Waals surface area (Å²) in [5, 5.41) is 0. The summed E-state index contributed by atoms with van der Waals surface area (Å²) in [6, 6.07) is 0. The van der Waals surface area contributed by atoms with Gasteiger partial charge in [-0.25, -0.2) is 0 Å². The summed E-state index contributed by atoms with van der Waals surface area (Å²) in [5.41, 5.74) is 1.95. The summed E-state index contributed by atoms with van der Waals surface area (Å²) in [6.45, 7) is 2.34. The van der Waals surface area contributed by atoms with Gasteiger partial charge in [0.15, 0.2) is 0 Å². The fourth-order valence-corrected chi connectivity index (χ4v) is 2.59. The lowest BCUT2D eigenvalue weighted by Gasteiger charge is -2.36. The van der Waals surface area contributed by atoms with Crippen LogP contribution in [0.25, 0.3) is 0 Å². The summed E-state index contributed by atoms with van der Waals surface area (Å²) in [6.07, 6.45) is 6.08. The molecule has 2 heteroatoms. The molecule has 0 aromatic carbocycles. The summed E-state index contributed by atoms with van der Waals surface area (Å²) in [5.74, 6) is 2.18. The Hall–Kier alpha value is -0.290. The van der Waals surface area contributed by atoms with Gasteiger partial charge in [-0.3, -0.25) is 4.98 Å². The number of nitrogens with zero attached hydrogens (tertiary/aromatic N) is 1. The maximum Gasteiger partial charge on any atom is 0.0620 e. The molecule has 0 N–H and O–H groups in total. The first-order valence-corrected chi connectivity index (χ1v) is 4.89. The number of hydrogen-bond donors (Lipinski definition) is 0. The van der Waals surface area contributed by atoms with Crippen LogP contribution in [0.2, 0.25) is 0 Å². The van der Waals surface area contributed by atoms with Crippen molar-refractivity contribution in [3.8, 4) is 0 Å². The highest BCUT2D eigenvalue weighted by atomic mass is 31.0. The van der Waals surface area contributed by atoms with E-state index in [1.165, 1.54) is 24.7 Å². The fraction of sp³-hybridized carbons (Fsp3) is 0.625. The number of aromatic nitrogens is 1. The van der Waals surface area contributed by atoms with Gasteiger partial charge in [0, 0.05) is 11.6 Å². The first-order chi connectivity index (χ1) is 4.81. The van der Waals surface area contributed by atoms with Crippen LogP contribution in [0.3, 0.4) is 0 Å². The SMILES string of the molecule is CC1(c2ncc[pH]2)CCC1. The van der Waals surface area contributed by atoms with Crippen LogP contribution < -0.4 is 0 Å². The minimum Gasteiger partial charge on any atom is -0.256 e. The van der Waals surface area contributed by atoms with Gasteiger partial charge < -0.3 is 0 Å². The molecule has 1 aromatic heterocycles. The highest BCUT2D eigenvalue weighted by Crippen LogP contribution is 2.44. The second-order valence-corrected chi connectivity index (χ2v) is 4.45. The van der Waals surface area contributed by atoms with Crippen molar-refractivity contribution in [2.45, 2.75) is 31.6 Å². The predicted molar refractivity (Wildman–Crippen MR) is 44.9 cm³/mol. The molecule has 2 rings (SSSR count).